The lowest BCUT2D eigenvalue weighted by atomic mass is 9.82. The summed E-state index contributed by atoms with van der Waals surface area (Å²) >= 11 is 0. The summed E-state index contributed by atoms with van der Waals surface area (Å²) in [5.41, 5.74) is 7.05. The van der Waals surface area contributed by atoms with E-state index >= 15 is 0 Å². The first-order chi connectivity index (χ1) is 19.2. The zero-order valence-electron chi connectivity index (χ0n) is 26.4. The van der Waals surface area contributed by atoms with Gasteiger partial charge < -0.3 is 0 Å². The van der Waals surface area contributed by atoms with Crippen LogP contribution in [0.15, 0.2) is 48.5 Å². The van der Waals surface area contributed by atoms with Gasteiger partial charge in [0.2, 0.25) is 0 Å². The lowest BCUT2D eigenvalue weighted by molar-refractivity contribution is 0.318. The molecule has 4 fully saturated rings. The summed E-state index contributed by atoms with van der Waals surface area (Å²) in [5, 5.41) is 7.27. The van der Waals surface area contributed by atoms with Crippen molar-refractivity contribution >= 4 is 52.9 Å². The molecule has 0 saturated carbocycles. The Bertz CT molecular complexity index is 1070. The van der Waals surface area contributed by atoms with Crippen molar-refractivity contribution in [3.8, 4) is 0 Å². The van der Waals surface area contributed by atoms with E-state index in [9.17, 15) is 0 Å². The molecule has 0 aliphatic carbocycles. The van der Waals surface area contributed by atoms with Gasteiger partial charge in [0.25, 0.3) is 0 Å². The number of rotatable bonds is 5. The Morgan fingerprint density at radius 1 is 0.400 bits per heavy atom. The molecule has 4 unspecified atom stereocenters. The minimum absolute atomic E-state index is 0.0104. The molecule has 0 radical (unpaired) electrons. The van der Waals surface area contributed by atoms with Crippen LogP contribution in [0.1, 0.15) is 93.9 Å². The van der Waals surface area contributed by atoms with E-state index in [1.807, 2.05) is 21.2 Å². The predicted molar refractivity (Wildman–Crippen MR) is 189 cm³/mol. The third kappa shape index (κ3) is 5.25. The van der Waals surface area contributed by atoms with Crippen molar-refractivity contribution in [1.82, 2.24) is 0 Å². The minimum Gasteiger partial charge on any atom is -0.0688 e. The first-order valence-electron chi connectivity index (χ1n) is 16.5. The van der Waals surface area contributed by atoms with Crippen molar-refractivity contribution in [3.05, 3.63) is 48.5 Å². The Kier molecular flexibility index (Phi) is 9.27. The van der Waals surface area contributed by atoms with Gasteiger partial charge in [-0.05, 0) is 117 Å². The van der Waals surface area contributed by atoms with Crippen molar-refractivity contribution in [1.29, 1.82) is 0 Å². The molecule has 0 nitrogen and oxygen atoms in total. The summed E-state index contributed by atoms with van der Waals surface area (Å²) in [6, 6.07) is 19.8. The first kappa shape index (κ1) is 30.2. The van der Waals surface area contributed by atoms with Crippen molar-refractivity contribution < 1.29 is 0 Å². The normalized spacial score (nSPS) is 42.7. The molecule has 4 aliphatic heterocycles. The third-order valence-electron chi connectivity index (χ3n) is 11.6. The number of benzene rings is 2. The maximum atomic E-state index is 2.70. The van der Waals surface area contributed by atoms with E-state index in [1.54, 1.807) is 0 Å². The molecule has 0 aromatic heterocycles. The van der Waals surface area contributed by atoms with E-state index in [1.165, 1.54) is 38.5 Å². The van der Waals surface area contributed by atoms with E-state index in [-0.39, 0.29) is 31.7 Å². The van der Waals surface area contributed by atoms with Gasteiger partial charge >= 0.3 is 0 Å². The second-order valence-corrected chi connectivity index (χ2v) is 26.2. The highest BCUT2D eigenvalue weighted by Gasteiger charge is 2.50. The predicted octanol–water partition coefficient (Wildman–Crippen LogP) is 9.55. The molecule has 40 heavy (non-hydrogen) atoms. The van der Waals surface area contributed by atoms with Crippen LogP contribution in [-0.4, -0.2) is 45.3 Å². The summed E-state index contributed by atoms with van der Waals surface area (Å²) in [4.78, 5) is 0. The van der Waals surface area contributed by atoms with Crippen LogP contribution in [0.2, 0.25) is 0 Å². The van der Waals surface area contributed by atoms with Crippen molar-refractivity contribution in [2.24, 2.45) is 11.8 Å². The first-order valence-corrected chi connectivity index (χ1v) is 22.4. The highest BCUT2D eigenvalue weighted by molar-refractivity contribution is 7.74. The Morgan fingerprint density at radius 3 is 0.975 bits per heavy atom. The van der Waals surface area contributed by atoms with Crippen LogP contribution >= 0.6 is 31.7 Å². The monoisotopic (exact) mass is 610 g/mol. The quantitative estimate of drug-likeness (QED) is 0.296. The Morgan fingerprint density at radius 2 is 0.675 bits per heavy atom. The average molecular weight is 611 g/mol. The average Bonchev–Trinajstić information content (AvgIpc) is 3.63. The Hall–Kier alpha value is 0.160. The summed E-state index contributed by atoms with van der Waals surface area (Å²) in [6.45, 7) is 20.9. The second kappa shape index (κ2) is 12.3. The van der Waals surface area contributed by atoms with Crippen LogP contribution in [0.25, 0.3) is 0 Å². The molecule has 218 valence electrons. The molecule has 6 rings (SSSR count). The topological polar surface area (TPSA) is 0 Å². The summed E-state index contributed by atoms with van der Waals surface area (Å²) in [6.07, 6.45) is 8.70. The smallest absolute Gasteiger partial charge is 0.0158 e. The summed E-state index contributed by atoms with van der Waals surface area (Å²) in [7, 11) is -0.208. The second-order valence-electron chi connectivity index (χ2n) is 14.1. The molecular formula is C36H54P4. The summed E-state index contributed by atoms with van der Waals surface area (Å²) < 4.78 is 0. The van der Waals surface area contributed by atoms with E-state index in [0.29, 0.717) is 0 Å². The van der Waals surface area contributed by atoms with Crippen LogP contribution in [0.3, 0.4) is 0 Å². The van der Waals surface area contributed by atoms with Gasteiger partial charge in [-0.25, -0.2) is 0 Å². The molecule has 0 N–H and O–H groups in total. The van der Waals surface area contributed by atoms with Crippen LogP contribution < -0.4 is 21.2 Å². The van der Waals surface area contributed by atoms with Crippen molar-refractivity contribution in [2.45, 2.75) is 139 Å². The van der Waals surface area contributed by atoms with E-state index < -0.39 is 0 Å². The number of hydrogen-bond acceptors (Lipinski definition) is 0. The maximum Gasteiger partial charge on any atom is -0.0158 e. The lowest BCUT2D eigenvalue weighted by Crippen LogP contribution is -2.31. The Balaban J connectivity index is 1.28. The molecule has 0 amide bonds. The molecule has 12 atom stereocenters. The summed E-state index contributed by atoms with van der Waals surface area (Å²) in [5.74, 6) is 1.82. The van der Waals surface area contributed by atoms with Gasteiger partial charge in [0, 0.05) is 0 Å². The maximum absolute atomic E-state index is 2.70. The molecule has 0 spiro atoms. The van der Waals surface area contributed by atoms with Gasteiger partial charge in [0.05, 0.1) is 0 Å². The van der Waals surface area contributed by atoms with Gasteiger partial charge in [-0.2, -0.15) is 0 Å². The number of hydrogen-bond donors (Lipinski definition) is 0. The SMILES string of the molecule is C[C@@H]1CC[C@@H](C)P1c1ccccc1P1[C@H](C)CC(C2C[C@@H](C)P(c3ccccc3P3[C@@H](C)CC[C@@H]3C)[C@@H]2C)[C@H]1C. The third-order valence-corrected chi connectivity index (χ3v) is 25.4. The molecule has 2 aromatic carbocycles. The standard InChI is InChI=1S/C36H54P4/c1-23-17-18-24(2)37(23)33-13-9-11-15-35(33)39-27(5)21-31(29(39)7)32-22-28(6)40(30(32)8)36-16-12-10-14-34(36)38-25(3)19-20-26(38)4/h9-16,23-32H,17-22H2,1-8H3/t23-,24-,25+,26+,27-,28-,29-,30-,31?,32?,39?,40?/m1/s1. The molecular weight excluding hydrogens is 556 g/mol. The Labute approximate surface area is 251 Å². The highest BCUT2D eigenvalue weighted by Crippen LogP contribution is 2.67. The van der Waals surface area contributed by atoms with Gasteiger partial charge in [0.15, 0.2) is 0 Å². The van der Waals surface area contributed by atoms with Gasteiger partial charge in [0.1, 0.15) is 0 Å². The van der Waals surface area contributed by atoms with Crippen LogP contribution in [0, 0.1) is 11.8 Å². The zero-order chi connectivity index (χ0) is 28.3. The van der Waals surface area contributed by atoms with E-state index in [2.05, 4.69) is 104 Å². The van der Waals surface area contributed by atoms with Gasteiger partial charge in [-0.15, -0.1) is 0 Å². The van der Waals surface area contributed by atoms with Gasteiger partial charge in [-0.3, -0.25) is 0 Å². The van der Waals surface area contributed by atoms with Crippen molar-refractivity contribution in [3.63, 3.8) is 0 Å². The fourth-order valence-electron chi connectivity index (χ4n) is 9.74. The molecule has 4 saturated heterocycles. The van der Waals surface area contributed by atoms with Crippen LogP contribution in [-0.2, 0) is 0 Å². The fraction of sp³-hybridized carbons (Fsp3) is 0.667. The molecule has 4 heteroatoms. The minimum atomic E-state index is -0.0938. The van der Waals surface area contributed by atoms with E-state index in [4.69, 9.17) is 0 Å². The van der Waals surface area contributed by atoms with Crippen LogP contribution in [0.4, 0.5) is 0 Å². The van der Waals surface area contributed by atoms with E-state index in [0.717, 1.165) is 57.1 Å². The fourth-order valence-corrected chi connectivity index (χ4v) is 24.7. The molecule has 2 aromatic rings. The van der Waals surface area contributed by atoms with Crippen LogP contribution in [0.5, 0.6) is 0 Å². The largest absolute Gasteiger partial charge is 0.0688 e. The van der Waals surface area contributed by atoms with Crippen molar-refractivity contribution in [2.75, 3.05) is 0 Å². The highest BCUT2D eigenvalue weighted by atomic mass is 31.1. The van der Waals surface area contributed by atoms with Gasteiger partial charge in [-0.1, -0.05) is 136 Å². The molecule has 4 aliphatic rings. The molecule has 4 heterocycles. The zero-order valence-corrected chi connectivity index (χ0v) is 30.0. The lowest BCUT2D eigenvalue weighted by Gasteiger charge is -2.34. The molecule has 0 bridgehead atoms.